The molecule has 1 saturated heterocycles. The lowest BCUT2D eigenvalue weighted by Crippen LogP contribution is -2.61. The van der Waals surface area contributed by atoms with E-state index in [2.05, 4.69) is 26.6 Å². The van der Waals surface area contributed by atoms with Crippen LogP contribution in [0, 0.1) is 22.7 Å². The number of carbonyl (C=O) groups is 7. The molecule has 2 aliphatic rings. The lowest BCUT2D eigenvalue weighted by Gasteiger charge is -2.37. The summed E-state index contributed by atoms with van der Waals surface area (Å²) in [4.78, 5) is 96.3. The number of anilines is 1. The number of nitrogens with zero attached hydrogens (tertiary/aromatic N) is 2. The first-order valence-electron chi connectivity index (χ1n) is 18.0. The number of likely N-dealkylation sites (N-methyl/N-ethyl adjacent to an activating group) is 1. The first-order chi connectivity index (χ1) is 24.9. The number of likely N-dealkylation sites (tertiary alicyclic amines) is 1. The fourth-order valence-electron chi connectivity index (χ4n) is 7.07. The number of hydrogen-bond acceptors (Lipinski definition) is 7. The lowest BCUT2D eigenvalue weighted by molar-refractivity contribution is -0.145. The second-order valence-electron chi connectivity index (χ2n) is 15.7. The van der Waals surface area contributed by atoms with Gasteiger partial charge in [-0.1, -0.05) is 96.5 Å². The summed E-state index contributed by atoms with van der Waals surface area (Å²) < 4.78 is 0. The van der Waals surface area contributed by atoms with Gasteiger partial charge in [0.1, 0.15) is 18.1 Å². The Balaban J connectivity index is 1.44. The van der Waals surface area contributed by atoms with Crippen molar-refractivity contribution in [3.63, 3.8) is 0 Å². The molecular formula is C39H53N7O7. The fraction of sp³-hybridized carbons (Fsp3) is 0.513. The largest absolute Gasteiger partial charge is 0.347 e. The molecule has 1 saturated carbocycles. The van der Waals surface area contributed by atoms with Crippen molar-refractivity contribution in [3.05, 3.63) is 66.2 Å². The standard InChI is InChI=1S/C39H53N7O7/c1-9-16-26(31(48)34(50)40-21-27(47)43-29(35(51)45(7)8)23-17-12-10-13-18-23)42-33(49)30-28-25(39(28,5)6)22-46(30)36(52)32(38(2,3)4)44-37(53)41-24-19-14-11-15-20-24/h10-15,17-20,25-26,28-30,32H,9,16,21-22H2,1-8H3,(H,40,50)(H,42,49)(H,43,47)(H2,41,44,53)/t25?,26?,28-,29-,30-,32+/m0/s1. The highest BCUT2D eigenvalue weighted by Crippen LogP contribution is 2.65. The fourth-order valence-corrected chi connectivity index (χ4v) is 7.07. The van der Waals surface area contributed by atoms with Crippen molar-refractivity contribution in [2.24, 2.45) is 22.7 Å². The van der Waals surface area contributed by atoms with Gasteiger partial charge in [-0.3, -0.25) is 28.8 Å². The first-order valence-corrected chi connectivity index (χ1v) is 18.0. The second kappa shape index (κ2) is 16.6. The van der Waals surface area contributed by atoms with Crippen molar-refractivity contribution in [1.82, 2.24) is 31.1 Å². The Morgan fingerprint density at radius 1 is 0.887 bits per heavy atom. The molecule has 2 aromatic carbocycles. The molecule has 14 nitrogen and oxygen atoms in total. The molecule has 1 aliphatic heterocycles. The molecule has 6 atom stereocenters. The van der Waals surface area contributed by atoms with Crippen molar-refractivity contribution in [2.45, 2.75) is 78.6 Å². The van der Waals surface area contributed by atoms with E-state index >= 15 is 0 Å². The number of benzene rings is 2. The van der Waals surface area contributed by atoms with E-state index in [1.54, 1.807) is 75.6 Å². The molecule has 4 rings (SSSR count). The Kier molecular flexibility index (Phi) is 12.7. The normalized spacial score (nSPS) is 20.1. The summed E-state index contributed by atoms with van der Waals surface area (Å²) in [5, 5.41) is 13.2. The van der Waals surface area contributed by atoms with Crippen LogP contribution in [0.25, 0.3) is 0 Å². The Hall–Kier alpha value is -5.27. The average molecular weight is 732 g/mol. The topological polar surface area (TPSA) is 186 Å². The van der Waals surface area contributed by atoms with Gasteiger partial charge in [0.05, 0.1) is 12.6 Å². The number of carbonyl (C=O) groups excluding carboxylic acids is 7. The van der Waals surface area contributed by atoms with Crippen molar-refractivity contribution < 1.29 is 33.6 Å². The van der Waals surface area contributed by atoms with Gasteiger partial charge in [0.15, 0.2) is 0 Å². The number of amides is 7. The molecule has 286 valence electrons. The zero-order valence-electron chi connectivity index (χ0n) is 31.8. The van der Waals surface area contributed by atoms with Gasteiger partial charge in [-0.25, -0.2) is 4.79 Å². The Morgan fingerprint density at radius 3 is 2.06 bits per heavy atom. The van der Waals surface area contributed by atoms with Crippen molar-refractivity contribution in [2.75, 3.05) is 32.5 Å². The molecule has 53 heavy (non-hydrogen) atoms. The Labute approximate surface area is 311 Å². The summed E-state index contributed by atoms with van der Waals surface area (Å²) in [6.07, 6.45) is 0.592. The molecule has 2 fully saturated rings. The van der Waals surface area contributed by atoms with E-state index in [-0.39, 0.29) is 29.6 Å². The van der Waals surface area contributed by atoms with E-state index in [4.69, 9.17) is 0 Å². The molecule has 2 aromatic rings. The van der Waals surface area contributed by atoms with Gasteiger partial charge in [0.25, 0.3) is 5.91 Å². The van der Waals surface area contributed by atoms with Crippen LogP contribution in [0.3, 0.4) is 0 Å². The first kappa shape index (κ1) is 40.5. The van der Waals surface area contributed by atoms with Crippen molar-refractivity contribution >= 4 is 47.0 Å². The molecule has 14 heteroatoms. The number of urea groups is 1. The van der Waals surface area contributed by atoms with Gasteiger partial charge in [-0.2, -0.15) is 0 Å². The van der Waals surface area contributed by atoms with E-state index in [1.807, 2.05) is 40.7 Å². The highest BCUT2D eigenvalue weighted by Gasteiger charge is 2.70. The summed E-state index contributed by atoms with van der Waals surface area (Å²) >= 11 is 0. The lowest BCUT2D eigenvalue weighted by atomic mass is 9.85. The van der Waals surface area contributed by atoms with E-state index in [0.717, 1.165) is 0 Å². The van der Waals surface area contributed by atoms with Crippen molar-refractivity contribution in [1.29, 1.82) is 0 Å². The maximum atomic E-state index is 14.2. The van der Waals surface area contributed by atoms with Crippen LogP contribution in [0.5, 0.6) is 0 Å². The van der Waals surface area contributed by atoms with Crippen molar-refractivity contribution in [3.8, 4) is 0 Å². The van der Waals surface area contributed by atoms with Crippen LogP contribution in [0.15, 0.2) is 60.7 Å². The van der Waals surface area contributed by atoms with Crippen LogP contribution in [0.2, 0.25) is 0 Å². The molecule has 0 aromatic heterocycles. The number of fused-ring (bicyclic) bond motifs is 1. The minimum atomic E-state index is -1.21. The number of piperidine rings is 1. The van der Waals surface area contributed by atoms with Crippen LogP contribution >= 0.6 is 0 Å². The second-order valence-corrected chi connectivity index (χ2v) is 15.7. The summed E-state index contributed by atoms with van der Waals surface area (Å²) in [7, 11) is 3.12. The predicted octanol–water partition coefficient (Wildman–Crippen LogP) is 2.62. The van der Waals surface area contributed by atoms with Crippen LogP contribution < -0.4 is 26.6 Å². The van der Waals surface area contributed by atoms with Gasteiger partial charge in [-0.05, 0) is 46.8 Å². The number of Topliss-reactive ketones (excluding diaryl/α,β-unsaturated/α-hetero) is 1. The number of nitrogens with one attached hydrogen (secondary N) is 5. The van der Waals surface area contributed by atoms with E-state index < -0.39 is 71.6 Å². The highest BCUT2D eigenvalue weighted by molar-refractivity contribution is 6.38. The molecular weight excluding hydrogens is 678 g/mol. The van der Waals surface area contributed by atoms with Gasteiger partial charge in [0, 0.05) is 26.3 Å². The van der Waals surface area contributed by atoms with Crippen LogP contribution in [0.1, 0.15) is 66.0 Å². The summed E-state index contributed by atoms with van der Waals surface area (Å²) in [6, 6.07) is 12.7. The molecule has 0 radical (unpaired) electrons. The third-order valence-electron chi connectivity index (χ3n) is 10.1. The van der Waals surface area contributed by atoms with Crippen LogP contribution in [-0.2, 0) is 28.8 Å². The Morgan fingerprint density at radius 2 is 1.49 bits per heavy atom. The molecule has 7 amide bonds. The van der Waals surface area contributed by atoms with Crippen LogP contribution in [0.4, 0.5) is 10.5 Å². The zero-order valence-corrected chi connectivity index (χ0v) is 31.8. The van der Waals surface area contributed by atoms with Gasteiger partial charge in [0.2, 0.25) is 29.4 Å². The smallest absolute Gasteiger partial charge is 0.319 e. The minimum absolute atomic E-state index is 0.0298. The van der Waals surface area contributed by atoms with Gasteiger partial charge in [-0.15, -0.1) is 0 Å². The molecule has 0 bridgehead atoms. The maximum Gasteiger partial charge on any atom is 0.319 e. The maximum absolute atomic E-state index is 14.2. The molecule has 2 unspecified atom stereocenters. The SMILES string of the molecule is CCCC(NC(=O)[C@@H]1[C@@H]2C(CN1C(=O)[C@@H](NC(=O)Nc1ccccc1)C(C)(C)C)C2(C)C)C(=O)C(=O)NCC(=O)N[C@H](C(=O)N(C)C)c1ccccc1. The highest BCUT2D eigenvalue weighted by atomic mass is 16.2. The predicted molar refractivity (Wildman–Crippen MR) is 199 cm³/mol. The Bertz CT molecular complexity index is 1690. The third-order valence-corrected chi connectivity index (χ3v) is 10.1. The van der Waals surface area contributed by atoms with Crippen LogP contribution in [-0.4, -0.2) is 96.5 Å². The summed E-state index contributed by atoms with van der Waals surface area (Å²) in [6.45, 7) is 11.0. The van der Waals surface area contributed by atoms with Gasteiger partial charge >= 0.3 is 6.03 Å². The number of hydrogen-bond donors (Lipinski definition) is 5. The monoisotopic (exact) mass is 731 g/mol. The van der Waals surface area contributed by atoms with Gasteiger partial charge < -0.3 is 36.4 Å². The molecule has 1 aliphatic carbocycles. The quantitative estimate of drug-likeness (QED) is 0.185. The van der Waals surface area contributed by atoms with E-state index in [0.29, 0.717) is 24.2 Å². The minimum Gasteiger partial charge on any atom is -0.347 e. The third kappa shape index (κ3) is 9.59. The summed E-state index contributed by atoms with van der Waals surface area (Å²) in [5.74, 6) is -4.22. The van der Waals surface area contributed by atoms with E-state index in [1.165, 1.54) is 9.80 Å². The zero-order chi connectivity index (χ0) is 39.2. The van der Waals surface area contributed by atoms with E-state index in [9.17, 15) is 33.6 Å². The average Bonchev–Trinajstić information content (AvgIpc) is 3.41. The summed E-state index contributed by atoms with van der Waals surface area (Å²) in [5.41, 5.74) is 0.140. The number of para-hydroxylation sites is 1. The molecule has 1 heterocycles. The number of rotatable bonds is 14. The molecule has 5 N–H and O–H groups in total. The number of ketones is 1. The molecule has 0 spiro atoms.